The van der Waals surface area contributed by atoms with Crippen LogP contribution >= 0.6 is 22.9 Å². The fourth-order valence-corrected chi connectivity index (χ4v) is 5.93. The minimum atomic E-state index is -0.887. The minimum Gasteiger partial charge on any atom is -0.463 e. The highest BCUT2D eigenvalue weighted by Gasteiger charge is 2.35. The van der Waals surface area contributed by atoms with Gasteiger partial charge in [-0.2, -0.15) is 0 Å². The zero-order valence-electron chi connectivity index (χ0n) is 21.7. The Bertz CT molecular complexity index is 1970. The van der Waals surface area contributed by atoms with Crippen molar-refractivity contribution < 1.29 is 18.3 Å². The number of ether oxygens (including phenoxy) is 1. The van der Waals surface area contributed by atoms with Gasteiger partial charge in [-0.05, 0) is 48.9 Å². The smallest absolute Gasteiger partial charge is 0.338 e. The van der Waals surface area contributed by atoms with Crippen LogP contribution in [0.3, 0.4) is 0 Å². The topological polar surface area (TPSA) is 73.8 Å². The third-order valence-electron chi connectivity index (χ3n) is 6.57. The van der Waals surface area contributed by atoms with E-state index in [0.717, 1.165) is 5.56 Å². The predicted octanol–water partition coefficient (Wildman–Crippen LogP) is 5.99. The third-order valence-corrected chi connectivity index (χ3v) is 7.79. The summed E-state index contributed by atoms with van der Waals surface area (Å²) in [5, 5.41) is 0.584. The highest BCUT2D eigenvalue weighted by molar-refractivity contribution is 7.07. The number of rotatable bonds is 6. The normalized spacial score (nSPS) is 15.0. The largest absolute Gasteiger partial charge is 0.463 e. The molecule has 5 aromatic rings. The molecule has 204 valence electrons. The predicted molar refractivity (Wildman–Crippen MR) is 157 cm³/mol. The van der Waals surface area contributed by atoms with Crippen LogP contribution in [0.2, 0.25) is 5.02 Å². The lowest BCUT2D eigenvalue weighted by Crippen LogP contribution is -2.40. The number of hydrogen-bond donors (Lipinski definition) is 0. The van der Waals surface area contributed by atoms with E-state index in [1.807, 2.05) is 48.5 Å². The monoisotopic (exact) mass is 584 g/mol. The van der Waals surface area contributed by atoms with Crippen molar-refractivity contribution >= 4 is 40.7 Å². The number of esters is 1. The Kier molecular flexibility index (Phi) is 7.26. The van der Waals surface area contributed by atoms with Crippen molar-refractivity contribution in [3.05, 3.63) is 144 Å². The second kappa shape index (κ2) is 11.2. The van der Waals surface area contributed by atoms with E-state index < -0.39 is 17.8 Å². The first-order chi connectivity index (χ1) is 19.9. The molecule has 0 N–H and O–H groups in total. The molecule has 0 saturated heterocycles. The van der Waals surface area contributed by atoms with E-state index in [0.29, 0.717) is 42.7 Å². The number of thiazole rings is 1. The molecule has 0 unspecified atom stereocenters. The second-order valence-corrected chi connectivity index (χ2v) is 10.6. The molecule has 0 saturated carbocycles. The van der Waals surface area contributed by atoms with Crippen LogP contribution < -0.4 is 14.9 Å². The molecule has 6 rings (SSSR count). The molecule has 0 aliphatic carbocycles. The number of nitrogens with zero attached hydrogens (tertiary/aromatic N) is 2. The summed E-state index contributed by atoms with van der Waals surface area (Å²) >= 11 is 7.31. The summed E-state index contributed by atoms with van der Waals surface area (Å²) in [4.78, 5) is 32.6. The average molecular weight is 585 g/mol. The van der Waals surface area contributed by atoms with E-state index in [4.69, 9.17) is 25.7 Å². The van der Waals surface area contributed by atoms with E-state index in [1.54, 1.807) is 43.3 Å². The van der Waals surface area contributed by atoms with Gasteiger partial charge in [0.2, 0.25) is 0 Å². The molecule has 0 bridgehead atoms. The Balaban J connectivity index is 1.56. The number of carbonyl (C=O) groups excluding carboxylic acids is 1. The van der Waals surface area contributed by atoms with Gasteiger partial charge in [0.1, 0.15) is 17.3 Å². The summed E-state index contributed by atoms with van der Waals surface area (Å²) < 4.78 is 27.2. The van der Waals surface area contributed by atoms with E-state index in [2.05, 4.69) is 0 Å². The standard InChI is InChI=1S/C32H22ClFN2O4S/c1-2-39-31(38)27-28(19-7-4-3-5-8-19)35-32-36(29(27)20-11-13-23(34)14-12-20)30(37)26(41-32)18-24-15-16-25(40-24)21-9-6-10-22(33)17-21/h3-18,29H,2H2,1H3/b26-18-/t29-/m1/s1. The summed E-state index contributed by atoms with van der Waals surface area (Å²) in [6, 6.07) is 24.9. The lowest BCUT2D eigenvalue weighted by molar-refractivity contribution is -0.138. The molecule has 1 atom stereocenters. The number of furan rings is 1. The molecule has 0 radical (unpaired) electrons. The molecular formula is C32H22ClFN2O4S. The Hall–Kier alpha value is -4.53. The Morgan fingerprint density at radius 2 is 1.80 bits per heavy atom. The minimum absolute atomic E-state index is 0.137. The van der Waals surface area contributed by atoms with Gasteiger partial charge < -0.3 is 9.15 Å². The zero-order chi connectivity index (χ0) is 28.5. The number of halogens is 2. The van der Waals surface area contributed by atoms with Gasteiger partial charge in [-0.15, -0.1) is 0 Å². The number of hydrogen-bond acceptors (Lipinski definition) is 6. The Labute approximate surface area is 242 Å². The van der Waals surface area contributed by atoms with E-state index in [-0.39, 0.29) is 17.7 Å². The third kappa shape index (κ3) is 5.19. The van der Waals surface area contributed by atoms with Crippen molar-refractivity contribution in [2.75, 3.05) is 6.61 Å². The molecule has 3 aromatic carbocycles. The van der Waals surface area contributed by atoms with Crippen LogP contribution in [0.4, 0.5) is 4.39 Å². The van der Waals surface area contributed by atoms with Crippen LogP contribution in [0.15, 0.2) is 111 Å². The average Bonchev–Trinajstić information content (AvgIpc) is 3.57. The van der Waals surface area contributed by atoms with E-state index in [9.17, 15) is 14.0 Å². The van der Waals surface area contributed by atoms with Gasteiger partial charge in [0.15, 0.2) is 4.80 Å². The number of aromatic nitrogens is 1. The van der Waals surface area contributed by atoms with Gasteiger partial charge in [0.25, 0.3) is 5.56 Å². The van der Waals surface area contributed by atoms with Crippen molar-refractivity contribution in [3.8, 4) is 11.3 Å². The first-order valence-electron chi connectivity index (χ1n) is 12.8. The van der Waals surface area contributed by atoms with Gasteiger partial charge >= 0.3 is 5.97 Å². The molecule has 9 heteroatoms. The number of benzene rings is 3. The molecular weight excluding hydrogens is 563 g/mol. The fraction of sp³-hybridized carbons (Fsp3) is 0.0938. The van der Waals surface area contributed by atoms with Gasteiger partial charge in [-0.1, -0.05) is 77.5 Å². The van der Waals surface area contributed by atoms with Crippen LogP contribution in [0.5, 0.6) is 0 Å². The van der Waals surface area contributed by atoms with Crippen molar-refractivity contribution in [1.29, 1.82) is 0 Å². The quantitative estimate of drug-likeness (QED) is 0.230. The molecule has 6 nitrogen and oxygen atoms in total. The maximum atomic E-state index is 13.9. The van der Waals surface area contributed by atoms with Crippen molar-refractivity contribution in [2.24, 2.45) is 4.99 Å². The van der Waals surface area contributed by atoms with Gasteiger partial charge in [-0.25, -0.2) is 14.2 Å². The lowest BCUT2D eigenvalue weighted by Gasteiger charge is -2.25. The maximum absolute atomic E-state index is 13.9. The van der Waals surface area contributed by atoms with Gasteiger partial charge in [-0.3, -0.25) is 9.36 Å². The van der Waals surface area contributed by atoms with Crippen LogP contribution in [-0.2, 0) is 9.53 Å². The van der Waals surface area contributed by atoms with Gasteiger partial charge in [0.05, 0.1) is 28.5 Å². The highest BCUT2D eigenvalue weighted by atomic mass is 35.5. The number of fused-ring (bicyclic) bond motifs is 1. The highest BCUT2D eigenvalue weighted by Crippen LogP contribution is 2.35. The van der Waals surface area contributed by atoms with Crippen LogP contribution in [0, 0.1) is 5.82 Å². The van der Waals surface area contributed by atoms with Gasteiger partial charge in [0, 0.05) is 22.2 Å². The zero-order valence-corrected chi connectivity index (χ0v) is 23.3. The van der Waals surface area contributed by atoms with E-state index in [1.165, 1.54) is 28.0 Å². The van der Waals surface area contributed by atoms with Crippen LogP contribution in [0.25, 0.3) is 23.1 Å². The first-order valence-corrected chi connectivity index (χ1v) is 14.0. The van der Waals surface area contributed by atoms with Crippen LogP contribution in [0.1, 0.15) is 29.9 Å². The SMILES string of the molecule is CCOC(=O)C1=C(c2ccccc2)N=c2s/c(=C\c3ccc(-c4cccc(Cl)c4)o3)c(=O)n2[C@@H]1c1ccc(F)cc1. The van der Waals surface area contributed by atoms with E-state index >= 15 is 0 Å². The summed E-state index contributed by atoms with van der Waals surface area (Å²) in [6.07, 6.45) is 1.65. The Morgan fingerprint density at radius 3 is 2.54 bits per heavy atom. The first kappa shape index (κ1) is 26.7. The molecule has 41 heavy (non-hydrogen) atoms. The molecule has 3 heterocycles. The van der Waals surface area contributed by atoms with Crippen molar-refractivity contribution in [2.45, 2.75) is 13.0 Å². The van der Waals surface area contributed by atoms with Crippen LogP contribution in [-0.4, -0.2) is 17.1 Å². The number of carbonyl (C=O) groups is 1. The molecule has 1 aliphatic heterocycles. The van der Waals surface area contributed by atoms with Crippen molar-refractivity contribution in [3.63, 3.8) is 0 Å². The summed E-state index contributed by atoms with van der Waals surface area (Å²) in [5.74, 6) is 0.0403. The maximum Gasteiger partial charge on any atom is 0.338 e. The fourth-order valence-electron chi connectivity index (χ4n) is 4.76. The molecule has 0 spiro atoms. The summed E-state index contributed by atoms with van der Waals surface area (Å²) in [6.45, 7) is 1.85. The van der Waals surface area contributed by atoms with Crippen molar-refractivity contribution in [1.82, 2.24) is 4.57 Å². The lowest BCUT2D eigenvalue weighted by atomic mass is 9.93. The molecule has 1 aliphatic rings. The molecule has 2 aromatic heterocycles. The second-order valence-electron chi connectivity index (χ2n) is 9.20. The summed E-state index contributed by atoms with van der Waals surface area (Å²) in [7, 11) is 0. The summed E-state index contributed by atoms with van der Waals surface area (Å²) in [5.41, 5.74) is 2.28. The molecule has 0 amide bonds. The molecule has 0 fully saturated rings. The Morgan fingerprint density at radius 1 is 1.05 bits per heavy atom.